The smallest absolute Gasteiger partial charge is 0.128 e. The molecule has 1 rings (SSSR count). The quantitative estimate of drug-likeness (QED) is 0.860. The van der Waals surface area contributed by atoms with Crippen LogP contribution >= 0.6 is 13.5 Å². The molecule has 0 aliphatic rings. The van der Waals surface area contributed by atoms with E-state index in [1.165, 1.54) is 18.2 Å². The van der Waals surface area contributed by atoms with Gasteiger partial charge in [0.2, 0.25) is 0 Å². The number of alkyl halides is 1. The Morgan fingerprint density at radius 2 is 1.88 bits per heavy atom. The first-order valence-electron chi connectivity index (χ1n) is 4.35. The minimum atomic E-state index is -1.42. The Labute approximate surface area is 102 Å². The molecule has 94 valence electrons. The zero-order chi connectivity index (χ0) is 10.6. The van der Waals surface area contributed by atoms with E-state index in [4.69, 9.17) is 10.8 Å². The van der Waals surface area contributed by atoms with E-state index < -0.39 is 18.0 Å². The van der Waals surface area contributed by atoms with Gasteiger partial charge in [0.1, 0.15) is 12.5 Å². The number of aliphatic hydroxyl groups excluding tert-OH is 1. The Hall–Kier alpha value is -0.650. The van der Waals surface area contributed by atoms with Gasteiger partial charge in [0, 0.05) is 12.2 Å². The molecule has 1 atom stereocenters. The average molecular weight is 251 g/mol. The largest absolute Gasteiger partial charge is 0.396 e. The molecule has 5 heteroatoms. The molecule has 0 fully saturated rings. The predicted molar refractivity (Wildman–Crippen MR) is 67.1 cm³/mol. The highest BCUT2D eigenvalue weighted by atomic mass is 32.1. The first-order valence-corrected chi connectivity index (χ1v) is 4.35. The van der Waals surface area contributed by atoms with Crippen LogP contribution in [-0.2, 0) is 5.54 Å². The Bertz CT molecular complexity index is 312. The van der Waals surface area contributed by atoms with Crippen molar-refractivity contribution in [2.24, 2.45) is 5.73 Å². The van der Waals surface area contributed by atoms with E-state index in [-0.39, 0.29) is 39.5 Å². The molecule has 0 bridgehead atoms. The van der Waals surface area contributed by atoms with E-state index in [0.717, 1.165) is 0 Å². The molecule has 2 nitrogen and oxygen atoms in total. The highest BCUT2D eigenvalue weighted by Gasteiger charge is 2.29. The lowest BCUT2D eigenvalue weighted by Crippen LogP contribution is -2.40. The van der Waals surface area contributed by atoms with E-state index in [1.54, 1.807) is 6.07 Å². The van der Waals surface area contributed by atoms with Crippen molar-refractivity contribution in [3.05, 3.63) is 35.6 Å². The summed E-state index contributed by atoms with van der Waals surface area (Å²) in [6.07, 6.45) is 0.00440. The zero-order valence-corrected chi connectivity index (χ0v) is 9.21. The van der Waals surface area contributed by atoms with Gasteiger partial charge in [-0.1, -0.05) is 25.6 Å². The van der Waals surface area contributed by atoms with Gasteiger partial charge >= 0.3 is 0 Å². The lowest BCUT2D eigenvalue weighted by molar-refractivity contribution is 0.206. The fourth-order valence-electron chi connectivity index (χ4n) is 1.34. The predicted octanol–water partition coefficient (Wildman–Crippen LogP) is 2.08. The molecule has 0 aromatic heterocycles. The molecule has 1 aromatic carbocycles. The minimum Gasteiger partial charge on any atom is -0.396 e. The number of hydrogen-bond donors (Lipinski definition) is 2. The molecular weight excluding hydrogens is 232 g/mol. The second kappa shape index (κ2) is 7.60. The van der Waals surface area contributed by atoms with Gasteiger partial charge in [-0.3, -0.25) is 0 Å². The summed E-state index contributed by atoms with van der Waals surface area (Å²) in [5.74, 6) is -0.541. The van der Waals surface area contributed by atoms with Crippen LogP contribution in [0.3, 0.4) is 0 Å². The standard InChI is InChI=1S/C10H13F2NO.CH4.H2S/c11-7-10(13,5-6-14)8-3-1-2-4-9(8)12;;/h1-4,14H,5-7,13H2;1H4;1H2/t10-;;/m1../s1. The number of rotatable bonds is 4. The van der Waals surface area contributed by atoms with Gasteiger partial charge < -0.3 is 10.8 Å². The maximum atomic E-state index is 13.3. The first kappa shape index (κ1) is 17.7. The summed E-state index contributed by atoms with van der Waals surface area (Å²) in [6, 6.07) is 5.76. The van der Waals surface area contributed by atoms with Crippen molar-refractivity contribution in [3.8, 4) is 0 Å². The van der Waals surface area contributed by atoms with Crippen LogP contribution in [0.25, 0.3) is 0 Å². The van der Waals surface area contributed by atoms with Gasteiger partial charge in [0.15, 0.2) is 0 Å². The number of nitrogens with two attached hydrogens (primary N) is 1. The van der Waals surface area contributed by atoms with Crippen molar-refractivity contribution in [1.82, 2.24) is 0 Å². The van der Waals surface area contributed by atoms with Gasteiger partial charge in [-0.05, 0) is 12.5 Å². The van der Waals surface area contributed by atoms with Gasteiger partial charge in [0.05, 0.1) is 5.54 Å². The Morgan fingerprint density at radius 1 is 1.31 bits per heavy atom. The van der Waals surface area contributed by atoms with Crippen LogP contribution in [0.2, 0.25) is 0 Å². The van der Waals surface area contributed by atoms with Crippen LogP contribution in [0.4, 0.5) is 8.78 Å². The van der Waals surface area contributed by atoms with Crippen LogP contribution < -0.4 is 5.73 Å². The van der Waals surface area contributed by atoms with Crippen molar-refractivity contribution in [1.29, 1.82) is 0 Å². The normalized spacial score (nSPS) is 13.2. The fraction of sp³-hybridized carbons (Fsp3) is 0.455. The molecule has 0 saturated carbocycles. The molecule has 0 unspecified atom stereocenters. The summed E-state index contributed by atoms with van der Waals surface area (Å²) in [7, 11) is 0. The molecule has 0 heterocycles. The topological polar surface area (TPSA) is 46.2 Å². The fourth-order valence-corrected chi connectivity index (χ4v) is 1.34. The maximum Gasteiger partial charge on any atom is 0.128 e. The molecular formula is C11H19F2NOS. The van der Waals surface area contributed by atoms with Gasteiger partial charge in [-0.2, -0.15) is 13.5 Å². The molecule has 0 spiro atoms. The van der Waals surface area contributed by atoms with Crippen LogP contribution in [-0.4, -0.2) is 18.4 Å². The Morgan fingerprint density at radius 3 is 2.31 bits per heavy atom. The minimum absolute atomic E-state index is 0. The summed E-state index contributed by atoms with van der Waals surface area (Å²) in [5, 5.41) is 8.72. The monoisotopic (exact) mass is 251 g/mol. The lowest BCUT2D eigenvalue weighted by atomic mass is 9.89. The maximum absolute atomic E-state index is 13.3. The third kappa shape index (κ3) is 3.73. The molecule has 0 aliphatic heterocycles. The summed E-state index contributed by atoms with van der Waals surface area (Å²) in [6.45, 7) is -1.16. The van der Waals surface area contributed by atoms with Crippen LogP contribution in [0, 0.1) is 5.82 Å². The Kier molecular flexibility index (Phi) is 8.42. The highest BCUT2D eigenvalue weighted by molar-refractivity contribution is 7.59. The van der Waals surface area contributed by atoms with Gasteiger partial charge in [-0.25, -0.2) is 8.78 Å². The molecule has 0 aliphatic carbocycles. The van der Waals surface area contributed by atoms with E-state index in [1.807, 2.05) is 0 Å². The third-order valence-corrected chi connectivity index (χ3v) is 2.21. The third-order valence-electron chi connectivity index (χ3n) is 2.21. The van der Waals surface area contributed by atoms with Crippen molar-refractivity contribution in [3.63, 3.8) is 0 Å². The van der Waals surface area contributed by atoms with Crippen molar-refractivity contribution in [2.75, 3.05) is 13.3 Å². The number of aliphatic hydroxyl groups is 1. The molecule has 3 N–H and O–H groups in total. The summed E-state index contributed by atoms with van der Waals surface area (Å²) < 4.78 is 26.0. The number of hydrogen-bond acceptors (Lipinski definition) is 2. The second-order valence-electron chi connectivity index (χ2n) is 3.24. The van der Waals surface area contributed by atoms with E-state index in [2.05, 4.69) is 0 Å². The Balaban J connectivity index is 0. The summed E-state index contributed by atoms with van der Waals surface area (Å²) in [4.78, 5) is 0. The molecule has 0 radical (unpaired) electrons. The van der Waals surface area contributed by atoms with Crippen LogP contribution in [0.15, 0.2) is 24.3 Å². The van der Waals surface area contributed by atoms with Crippen molar-refractivity contribution < 1.29 is 13.9 Å². The number of benzene rings is 1. The van der Waals surface area contributed by atoms with Crippen LogP contribution in [0.5, 0.6) is 0 Å². The first-order chi connectivity index (χ1) is 6.64. The van der Waals surface area contributed by atoms with Crippen molar-refractivity contribution in [2.45, 2.75) is 19.4 Å². The van der Waals surface area contributed by atoms with Crippen LogP contribution in [0.1, 0.15) is 19.4 Å². The van der Waals surface area contributed by atoms with Gasteiger partial charge in [-0.15, -0.1) is 0 Å². The summed E-state index contributed by atoms with van der Waals surface area (Å²) in [5.41, 5.74) is 4.35. The zero-order valence-electron chi connectivity index (χ0n) is 8.21. The molecule has 16 heavy (non-hydrogen) atoms. The second-order valence-corrected chi connectivity index (χ2v) is 3.24. The van der Waals surface area contributed by atoms with Gasteiger partial charge in [0.25, 0.3) is 0 Å². The SMILES string of the molecule is C.N[C@@](CF)(CCO)c1ccccc1F.S. The lowest BCUT2D eigenvalue weighted by Gasteiger charge is -2.26. The molecule has 0 amide bonds. The van der Waals surface area contributed by atoms with Crippen molar-refractivity contribution >= 4 is 13.5 Å². The van der Waals surface area contributed by atoms with E-state index in [9.17, 15) is 8.78 Å². The molecule has 1 aromatic rings. The highest BCUT2D eigenvalue weighted by Crippen LogP contribution is 2.24. The number of halogens is 2. The molecule has 0 saturated heterocycles. The summed E-state index contributed by atoms with van der Waals surface area (Å²) >= 11 is 0. The van der Waals surface area contributed by atoms with E-state index in [0.29, 0.717) is 0 Å². The van der Waals surface area contributed by atoms with E-state index >= 15 is 0 Å². The average Bonchev–Trinajstić information content (AvgIpc) is 2.18.